The van der Waals surface area contributed by atoms with E-state index in [9.17, 15) is 22.4 Å². The maximum atomic E-state index is 13.4. The van der Waals surface area contributed by atoms with E-state index in [0.29, 0.717) is 12.5 Å². The lowest BCUT2D eigenvalue weighted by Crippen LogP contribution is -2.59. The number of aryl methyl sites for hydroxylation is 1. The third kappa shape index (κ3) is 2.79. The number of hydrogen-bond acceptors (Lipinski definition) is 2. The van der Waals surface area contributed by atoms with Crippen LogP contribution in [-0.4, -0.2) is 17.6 Å². The summed E-state index contributed by atoms with van der Waals surface area (Å²) in [6, 6.07) is 3.73. The lowest BCUT2D eigenvalue weighted by atomic mass is 10.0. The minimum atomic E-state index is -4.92. The Morgan fingerprint density at radius 3 is 2.33 bits per heavy atom. The zero-order valence-electron chi connectivity index (χ0n) is 9.73. The van der Waals surface area contributed by atoms with Crippen molar-refractivity contribution in [2.45, 2.75) is 25.6 Å². The quantitative estimate of drug-likeness (QED) is 0.806. The summed E-state index contributed by atoms with van der Waals surface area (Å²) in [5, 5.41) is 1.83. The molecule has 1 rings (SSSR count). The molecule has 3 N–H and O–H groups in total. The van der Waals surface area contributed by atoms with Crippen molar-refractivity contribution in [1.82, 2.24) is 0 Å². The Labute approximate surface area is 101 Å². The van der Waals surface area contributed by atoms with Crippen LogP contribution in [0.4, 0.5) is 23.2 Å². The summed E-state index contributed by atoms with van der Waals surface area (Å²) in [6.45, 7) is 2.13. The van der Waals surface area contributed by atoms with Gasteiger partial charge in [-0.25, -0.2) is 4.39 Å². The maximum absolute atomic E-state index is 13.4. The molecule has 1 aromatic carbocycles. The molecular formula is C11H12F4N2O. The number of carbonyl (C=O) groups is 1. The Kier molecular flexibility index (Phi) is 3.66. The van der Waals surface area contributed by atoms with E-state index in [0.717, 1.165) is 6.07 Å². The Morgan fingerprint density at radius 1 is 1.33 bits per heavy atom. The number of nitrogens with two attached hydrogens (primary N) is 1. The summed E-state index contributed by atoms with van der Waals surface area (Å²) in [7, 11) is 0. The molecule has 1 amide bonds. The second-order valence-electron chi connectivity index (χ2n) is 4.14. The fourth-order valence-electron chi connectivity index (χ4n) is 1.10. The van der Waals surface area contributed by atoms with E-state index < -0.39 is 23.4 Å². The molecule has 7 heteroatoms. The molecule has 0 saturated carbocycles. The molecule has 0 aromatic heterocycles. The molecule has 100 valence electrons. The molecule has 0 aliphatic rings. The third-order valence-electron chi connectivity index (χ3n) is 2.43. The van der Waals surface area contributed by atoms with Crippen LogP contribution in [0.25, 0.3) is 0 Å². The predicted octanol–water partition coefficient (Wildman–Crippen LogP) is 2.35. The first-order chi connectivity index (χ1) is 8.05. The number of amides is 1. The molecule has 0 saturated heterocycles. The monoisotopic (exact) mass is 264 g/mol. The molecule has 1 unspecified atom stereocenters. The number of nitrogens with one attached hydrogen (secondary N) is 1. The lowest BCUT2D eigenvalue weighted by molar-refractivity contribution is -0.184. The highest BCUT2D eigenvalue weighted by Gasteiger charge is 2.54. The zero-order chi connectivity index (χ0) is 14.1. The molecule has 0 aliphatic carbocycles. The van der Waals surface area contributed by atoms with Gasteiger partial charge >= 0.3 is 6.18 Å². The highest BCUT2D eigenvalue weighted by Crippen LogP contribution is 2.29. The van der Waals surface area contributed by atoms with Crippen molar-refractivity contribution in [3.8, 4) is 0 Å². The largest absolute Gasteiger partial charge is 0.415 e. The van der Waals surface area contributed by atoms with Gasteiger partial charge in [-0.2, -0.15) is 13.2 Å². The molecule has 0 bridgehead atoms. The van der Waals surface area contributed by atoms with E-state index in [2.05, 4.69) is 0 Å². The van der Waals surface area contributed by atoms with Gasteiger partial charge in [0.1, 0.15) is 5.82 Å². The number of carbonyl (C=O) groups excluding carboxylic acids is 1. The van der Waals surface area contributed by atoms with E-state index in [1.165, 1.54) is 12.1 Å². The maximum Gasteiger partial charge on any atom is 0.415 e. The molecule has 0 aliphatic heterocycles. The SMILES string of the molecule is Cc1ccc(NC(=O)C(C)(N)C(F)(F)F)c(F)c1. The first-order valence-corrected chi connectivity index (χ1v) is 4.99. The fourth-order valence-corrected chi connectivity index (χ4v) is 1.10. The van der Waals surface area contributed by atoms with Crippen LogP contribution in [0.3, 0.4) is 0 Å². The fraction of sp³-hybridized carbons (Fsp3) is 0.364. The Balaban J connectivity index is 2.95. The first kappa shape index (κ1) is 14.4. The molecule has 1 atom stereocenters. The van der Waals surface area contributed by atoms with E-state index in [1.54, 1.807) is 6.92 Å². The topological polar surface area (TPSA) is 55.1 Å². The Bertz CT molecular complexity index is 469. The molecule has 0 fully saturated rings. The van der Waals surface area contributed by atoms with Crippen molar-refractivity contribution in [3.05, 3.63) is 29.6 Å². The molecule has 18 heavy (non-hydrogen) atoms. The standard InChI is InChI=1S/C11H12F4N2O/c1-6-3-4-8(7(12)5-6)17-9(18)10(2,16)11(13,14)15/h3-5H,16H2,1-2H3,(H,17,18). The van der Waals surface area contributed by atoms with Gasteiger partial charge in [-0.15, -0.1) is 0 Å². The summed E-state index contributed by atoms with van der Waals surface area (Å²) < 4.78 is 50.8. The van der Waals surface area contributed by atoms with Gasteiger partial charge in [0.25, 0.3) is 5.91 Å². The average Bonchev–Trinajstić information content (AvgIpc) is 2.20. The lowest BCUT2D eigenvalue weighted by Gasteiger charge is -2.26. The van der Waals surface area contributed by atoms with Gasteiger partial charge in [0.05, 0.1) is 5.69 Å². The Hall–Kier alpha value is -1.63. The predicted molar refractivity (Wildman–Crippen MR) is 58.4 cm³/mol. The molecular weight excluding hydrogens is 252 g/mol. The molecule has 0 radical (unpaired) electrons. The van der Waals surface area contributed by atoms with E-state index in [4.69, 9.17) is 5.73 Å². The van der Waals surface area contributed by atoms with Crippen molar-refractivity contribution in [1.29, 1.82) is 0 Å². The minimum absolute atomic E-state index is 0.341. The van der Waals surface area contributed by atoms with Crippen LogP contribution in [0.2, 0.25) is 0 Å². The van der Waals surface area contributed by atoms with Gasteiger partial charge in [0.15, 0.2) is 5.54 Å². The molecule has 3 nitrogen and oxygen atoms in total. The van der Waals surface area contributed by atoms with Crippen molar-refractivity contribution < 1.29 is 22.4 Å². The van der Waals surface area contributed by atoms with Crippen LogP contribution in [-0.2, 0) is 4.79 Å². The van der Waals surface area contributed by atoms with Crippen molar-refractivity contribution in [3.63, 3.8) is 0 Å². The van der Waals surface area contributed by atoms with Crippen LogP contribution in [0.1, 0.15) is 12.5 Å². The first-order valence-electron chi connectivity index (χ1n) is 4.99. The van der Waals surface area contributed by atoms with Crippen LogP contribution in [0.15, 0.2) is 18.2 Å². The van der Waals surface area contributed by atoms with Crippen LogP contribution >= 0.6 is 0 Å². The summed E-state index contributed by atoms with van der Waals surface area (Å²) in [4.78, 5) is 11.4. The number of benzene rings is 1. The highest BCUT2D eigenvalue weighted by molar-refractivity contribution is 5.98. The second kappa shape index (κ2) is 4.56. The Morgan fingerprint density at radius 2 is 1.89 bits per heavy atom. The average molecular weight is 264 g/mol. The number of hydrogen-bond donors (Lipinski definition) is 2. The van der Waals surface area contributed by atoms with Crippen molar-refractivity contribution in [2.24, 2.45) is 5.73 Å². The highest BCUT2D eigenvalue weighted by atomic mass is 19.4. The minimum Gasteiger partial charge on any atom is -0.322 e. The zero-order valence-corrected chi connectivity index (χ0v) is 9.73. The summed E-state index contributed by atoms with van der Waals surface area (Å²) in [6.07, 6.45) is -4.92. The van der Waals surface area contributed by atoms with Gasteiger partial charge in [0, 0.05) is 0 Å². The van der Waals surface area contributed by atoms with Crippen LogP contribution < -0.4 is 11.1 Å². The van der Waals surface area contributed by atoms with Crippen molar-refractivity contribution in [2.75, 3.05) is 5.32 Å². The van der Waals surface area contributed by atoms with Crippen LogP contribution in [0, 0.1) is 12.7 Å². The number of halogens is 4. The van der Waals surface area contributed by atoms with Gasteiger partial charge in [0.2, 0.25) is 0 Å². The summed E-state index contributed by atoms with van der Waals surface area (Å²) >= 11 is 0. The van der Waals surface area contributed by atoms with Gasteiger partial charge < -0.3 is 11.1 Å². The second-order valence-corrected chi connectivity index (χ2v) is 4.14. The number of alkyl halides is 3. The molecule has 0 spiro atoms. The summed E-state index contributed by atoms with van der Waals surface area (Å²) in [5.74, 6) is -2.33. The number of rotatable bonds is 2. The molecule has 1 aromatic rings. The molecule has 0 heterocycles. The van der Waals surface area contributed by atoms with E-state index >= 15 is 0 Å². The number of anilines is 1. The summed E-state index contributed by atoms with van der Waals surface area (Å²) in [5.41, 5.74) is 2.07. The van der Waals surface area contributed by atoms with Crippen LogP contribution in [0.5, 0.6) is 0 Å². The van der Waals surface area contributed by atoms with Gasteiger partial charge in [-0.3, -0.25) is 4.79 Å². The van der Waals surface area contributed by atoms with Gasteiger partial charge in [-0.1, -0.05) is 6.07 Å². The van der Waals surface area contributed by atoms with Crippen molar-refractivity contribution >= 4 is 11.6 Å². The van der Waals surface area contributed by atoms with Gasteiger partial charge in [-0.05, 0) is 31.5 Å². The smallest absolute Gasteiger partial charge is 0.322 e. The normalized spacial score (nSPS) is 15.1. The third-order valence-corrected chi connectivity index (χ3v) is 2.43. The van der Waals surface area contributed by atoms with E-state index in [-0.39, 0.29) is 5.69 Å². The van der Waals surface area contributed by atoms with E-state index in [1.807, 2.05) is 5.32 Å².